The van der Waals surface area contributed by atoms with E-state index in [1.165, 1.54) is 10.4 Å². The highest BCUT2D eigenvalue weighted by atomic mass is 32.1. The Balaban J connectivity index is 2.71. The molecular formula is C15H25NO2S. The molecule has 0 bridgehead atoms. The van der Waals surface area contributed by atoms with Gasteiger partial charge in [0.1, 0.15) is 0 Å². The second-order valence-electron chi connectivity index (χ2n) is 5.12. The van der Waals surface area contributed by atoms with Crippen LogP contribution in [-0.2, 0) is 12.8 Å². The van der Waals surface area contributed by atoms with Crippen molar-refractivity contribution in [2.75, 3.05) is 0 Å². The summed E-state index contributed by atoms with van der Waals surface area (Å²) in [5, 5.41) is 12.3. The van der Waals surface area contributed by atoms with Gasteiger partial charge in [-0.1, -0.05) is 20.3 Å². The molecule has 0 saturated carbocycles. The van der Waals surface area contributed by atoms with Gasteiger partial charge < -0.3 is 10.4 Å². The SMILES string of the molecule is CCCc1sc(C(=O)NC(C)CC(C)O)cc1CC. The van der Waals surface area contributed by atoms with Crippen LogP contribution in [-0.4, -0.2) is 23.2 Å². The van der Waals surface area contributed by atoms with Gasteiger partial charge in [-0.3, -0.25) is 4.79 Å². The van der Waals surface area contributed by atoms with Gasteiger partial charge in [0, 0.05) is 10.9 Å². The molecule has 1 aromatic rings. The lowest BCUT2D eigenvalue weighted by molar-refractivity contribution is 0.0927. The largest absolute Gasteiger partial charge is 0.393 e. The number of carbonyl (C=O) groups excluding carboxylic acids is 1. The number of thiophene rings is 1. The molecule has 0 aliphatic carbocycles. The molecule has 4 heteroatoms. The van der Waals surface area contributed by atoms with E-state index in [4.69, 9.17) is 0 Å². The van der Waals surface area contributed by atoms with Crippen LogP contribution in [0.5, 0.6) is 0 Å². The van der Waals surface area contributed by atoms with Crippen molar-refractivity contribution in [3.63, 3.8) is 0 Å². The van der Waals surface area contributed by atoms with Gasteiger partial charge in [-0.15, -0.1) is 11.3 Å². The molecule has 0 aromatic carbocycles. The molecule has 2 N–H and O–H groups in total. The number of aliphatic hydroxyl groups excluding tert-OH is 1. The van der Waals surface area contributed by atoms with E-state index in [9.17, 15) is 9.90 Å². The zero-order valence-corrected chi connectivity index (χ0v) is 13.1. The third-order valence-corrected chi connectivity index (χ3v) is 4.29. The van der Waals surface area contributed by atoms with Gasteiger partial charge in [0.05, 0.1) is 11.0 Å². The first-order chi connectivity index (χ1) is 8.97. The molecular weight excluding hydrogens is 258 g/mol. The molecule has 2 unspecified atom stereocenters. The molecule has 1 aromatic heterocycles. The Morgan fingerprint density at radius 1 is 1.42 bits per heavy atom. The highest BCUT2D eigenvalue weighted by Crippen LogP contribution is 2.24. The van der Waals surface area contributed by atoms with E-state index in [0.29, 0.717) is 6.42 Å². The molecule has 0 fully saturated rings. The highest BCUT2D eigenvalue weighted by Gasteiger charge is 2.16. The quantitative estimate of drug-likeness (QED) is 0.807. The van der Waals surface area contributed by atoms with Crippen molar-refractivity contribution in [3.8, 4) is 0 Å². The molecule has 0 radical (unpaired) electrons. The molecule has 0 aliphatic rings. The summed E-state index contributed by atoms with van der Waals surface area (Å²) in [4.78, 5) is 14.3. The monoisotopic (exact) mass is 283 g/mol. The normalized spacial score (nSPS) is 14.2. The topological polar surface area (TPSA) is 49.3 Å². The Labute approximate surface area is 120 Å². The molecule has 108 valence electrons. The number of carbonyl (C=O) groups is 1. The average molecular weight is 283 g/mol. The first-order valence-electron chi connectivity index (χ1n) is 7.08. The van der Waals surface area contributed by atoms with Gasteiger partial charge in [0.2, 0.25) is 0 Å². The molecule has 0 saturated heterocycles. The second-order valence-corrected chi connectivity index (χ2v) is 6.26. The number of amides is 1. The van der Waals surface area contributed by atoms with Gasteiger partial charge >= 0.3 is 0 Å². The van der Waals surface area contributed by atoms with Gasteiger partial charge in [-0.05, 0) is 44.7 Å². The van der Waals surface area contributed by atoms with Crippen molar-refractivity contribution >= 4 is 17.2 Å². The van der Waals surface area contributed by atoms with Crippen molar-refractivity contribution in [1.29, 1.82) is 0 Å². The second kappa shape index (κ2) is 7.65. The maximum Gasteiger partial charge on any atom is 0.261 e. The van der Waals surface area contributed by atoms with Crippen LogP contribution in [0, 0.1) is 0 Å². The van der Waals surface area contributed by atoms with Gasteiger partial charge in [-0.25, -0.2) is 0 Å². The zero-order chi connectivity index (χ0) is 14.4. The number of aryl methyl sites for hydroxylation is 2. The lowest BCUT2D eigenvalue weighted by Crippen LogP contribution is -2.34. The van der Waals surface area contributed by atoms with Gasteiger partial charge in [0.25, 0.3) is 5.91 Å². The lowest BCUT2D eigenvalue weighted by atomic mass is 10.1. The molecule has 0 spiro atoms. The Bertz CT molecular complexity index is 412. The molecule has 1 rings (SSSR count). The molecule has 19 heavy (non-hydrogen) atoms. The van der Waals surface area contributed by atoms with Crippen molar-refractivity contribution < 1.29 is 9.90 Å². The van der Waals surface area contributed by atoms with E-state index in [-0.39, 0.29) is 18.1 Å². The van der Waals surface area contributed by atoms with Crippen LogP contribution in [0.25, 0.3) is 0 Å². The fourth-order valence-corrected chi connectivity index (χ4v) is 3.44. The zero-order valence-electron chi connectivity index (χ0n) is 12.3. The highest BCUT2D eigenvalue weighted by molar-refractivity contribution is 7.14. The first kappa shape index (κ1) is 16.2. The van der Waals surface area contributed by atoms with Crippen LogP contribution >= 0.6 is 11.3 Å². The smallest absolute Gasteiger partial charge is 0.261 e. The minimum absolute atomic E-state index is 0.00528. The predicted molar refractivity (Wildman–Crippen MR) is 80.9 cm³/mol. The molecule has 1 amide bonds. The van der Waals surface area contributed by atoms with Crippen LogP contribution in [0.1, 0.15) is 60.6 Å². The summed E-state index contributed by atoms with van der Waals surface area (Å²) in [6.45, 7) is 7.94. The maximum absolute atomic E-state index is 12.1. The number of aliphatic hydroxyl groups is 1. The van der Waals surface area contributed by atoms with E-state index >= 15 is 0 Å². The van der Waals surface area contributed by atoms with E-state index in [2.05, 4.69) is 19.2 Å². The van der Waals surface area contributed by atoms with Crippen molar-refractivity contribution in [2.45, 2.75) is 65.5 Å². The molecule has 2 atom stereocenters. The fourth-order valence-electron chi connectivity index (χ4n) is 2.18. The minimum atomic E-state index is -0.388. The summed E-state index contributed by atoms with van der Waals surface area (Å²) < 4.78 is 0. The molecule has 1 heterocycles. The number of hydrogen-bond acceptors (Lipinski definition) is 3. The minimum Gasteiger partial charge on any atom is -0.393 e. The van der Waals surface area contributed by atoms with Crippen LogP contribution < -0.4 is 5.32 Å². The summed E-state index contributed by atoms with van der Waals surface area (Å²) in [5.41, 5.74) is 1.29. The predicted octanol–water partition coefficient (Wildman–Crippen LogP) is 3.15. The molecule has 3 nitrogen and oxygen atoms in total. The third-order valence-electron chi connectivity index (χ3n) is 3.05. The van der Waals surface area contributed by atoms with Crippen molar-refractivity contribution in [1.82, 2.24) is 5.32 Å². The van der Waals surface area contributed by atoms with Crippen molar-refractivity contribution in [2.24, 2.45) is 0 Å². The average Bonchev–Trinajstić information content (AvgIpc) is 2.71. The van der Waals surface area contributed by atoms with E-state index in [1.807, 2.05) is 13.0 Å². The standard InChI is InChI=1S/C15H25NO2S/c1-5-7-13-12(6-2)9-14(19-13)15(18)16-10(3)8-11(4)17/h9-11,17H,5-8H2,1-4H3,(H,16,18). The van der Waals surface area contributed by atoms with E-state index in [1.54, 1.807) is 18.3 Å². The van der Waals surface area contributed by atoms with Gasteiger partial charge in [-0.2, -0.15) is 0 Å². The summed E-state index contributed by atoms with van der Waals surface area (Å²) in [6.07, 6.45) is 3.32. The van der Waals surface area contributed by atoms with Crippen molar-refractivity contribution in [3.05, 3.63) is 21.4 Å². The Morgan fingerprint density at radius 3 is 2.63 bits per heavy atom. The third kappa shape index (κ3) is 4.96. The van der Waals surface area contributed by atoms with E-state index < -0.39 is 0 Å². The number of rotatable bonds is 7. The van der Waals surface area contributed by atoms with E-state index in [0.717, 1.165) is 24.1 Å². The number of nitrogens with one attached hydrogen (secondary N) is 1. The van der Waals surface area contributed by atoms with Gasteiger partial charge in [0.15, 0.2) is 0 Å². The summed E-state index contributed by atoms with van der Waals surface area (Å²) in [6, 6.07) is 2.01. The molecule has 0 aliphatic heterocycles. The Morgan fingerprint density at radius 2 is 2.11 bits per heavy atom. The lowest BCUT2D eigenvalue weighted by Gasteiger charge is -2.14. The summed E-state index contributed by atoms with van der Waals surface area (Å²) in [5.74, 6) is -0.0183. The van der Waals surface area contributed by atoms with Crippen LogP contribution in [0.15, 0.2) is 6.07 Å². The number of hydrogen-bond donors (Lipinski definition) is 2. The summed E-state index contributed by atoms with van der Waals surface area (Å²) >= 11 is 1.60. The Kier molecular flexibility index (Phi) is 6.52. The maximum atomic E-state index is 12.1. The Hall–Kier alpha value is -0.870. The fraction of sp³-hybridized carbons (Fsp3) is 0.667. The summed E-state index contributed by atoms with van der Waals surface area (Å²) in [7, 11) is 0. The van der Waals surface area contributed by atoms with Crippen LogP contribution in [0.3, 0.4) is 0 Å². The van der Waals surface area contributed by atoms with Crippen LogP contribution in [0.4, 0.5) is 0 Å². The first-order valence-corrected chi connectivity index (χ1v) is 7.90. The van der Waals surface area contributed by atoms with Crippen LogP contribution in [0.2, 0.25) is 0 Å².